The summed E-state index contributed by atoms with van der Waals surface area (Å²) >= 11 is 0. The first kappa shape index (κ1) is 11.3. The zero-order valence-electron chi connectivity index (χ0n) is 10.2. The molecule has 1 aromatic carbocycles. The van der Waals surface area contributed by atoms with E-state index in [-0.39, 0.29) is 10.8 Å². The van der Waals surface area contributed by atoms with E-state index in [2.05, 4.69) is 59.7 Å². The van der Waals surface area contributed by atoms with Crippen molar-refractivity contribution in [1.82, 2.24) is 0 Å². The fourth-order valence-corrected chi connectivity index (χ4v) is 1.70. The Bertz CT molecular complexity index is 275. The van der Waals surface area contributed by atoms with E-state index in [1.165, 1.54) is 11.1 Å². The number of hydrogen-bond donors (Lipinski definition) is 0. The first-order valence-corrected chi connectivity index (χ1v) is 5.24. The largest absolute Gasteiger partial charge is 0.0576 e. The van der Waals surface area contributed by atoms with Gasteiger partial charge in [0.1, 0.15) is 0 Å². The monoisotopic (exact) mass is 189 g/mol. The van der Waals surface area contributed by atoms with Gasteiger partial charge in [-0.25, -0.2) is 0 Å². The zero-order valence-corrected chi connectivity index (χ0v) is 10.2. The van der Waals surface area contributed by atoms with E-state index < -0.39 is 0 Å². The zero-order chi connectivity index (χ0) is 11.0. The highest BCUT2D eigenvalue weighted by molar-refractivity contribution is 5.36. The second-order valence-corrected chi connectivity index (χ2v) is 5.97. The van der Waals surface area contributed by atoms with Gasteiger partial charge in [-0.15, -0.1) is 0 Å². The molecule has 14 heavy (non-hydrogen) atoms. The van der Waals surface area contributed by atoms with Crippen LogP contribution < -0.4 is 0 Å². The third-order valence-electron chi connectivity index (χ3n) is 2.48. The van der Waals surface area contributed by atoms with E-state index in [1.54, 1.807) is 0 Å². The molecule has 0 N–H and O–H groups in total. The average molecular weight is 189 g/mol. The molecule has 1 aromatic rings. The normalized spacial score (nSPS) is 13.0. The van der Waals surface area contributed by atoms with Crippen LogP contribution in [0.2, 0.25) is 0 Å². The molecule has 0 amide bonds. The summed E-state index contributed by atoms with van der Waals surface area (Å²) in [6.45, 7) is 13.6. The van der Waals surface area contributed by atoms with Crippen molar-refractivity contribution in [3.8, 4) is 0 Å². The summed E-state index contributed by atoms with van der Waals surface area (Å²) in [6, 6.07) is 9.51. The van der Waals surface area contributed by atoms with Crippen molar-refractivity contribution in [1.29, 1.82) is 0 Å². The van der Waals surface area contributed by atoms with E-state index in [0.717, 1.165) is 0 Å². The van der Waals surface area contributed by atoms with Crippen LogP contribution in [0, 0.1) is 6.07 Å². The Hall–Kier alpha value is -0.780. The van der Waals surface area contributed by atoms with Crippen LogP contribution in [-0.4, -0.2) is 0 Å². The summed E-state index contributed by atoms with van der Waals surface area (Å²) in [5.41, 5.74) is 3.27. The molecule has 0 atom stereocenters. The molecule has 1 radical (unpaired) electrons. The molecule has 0 aliphatic rings. The van der Waals surface area contributed by atoms with E-state index in [9.17, 15) is 0 Å². The summed E-state index contributed by atoms with van der Waals surface area (Å²) in [7, 11) is 0. The molecule has 0 aromatic heterocycles. The highest BCUT2D eigenvalue weighted by Gasteiger charge is 2.23. The maximum atomic E-state index is 3.18. The minimum atomic E-state index is 0.209. The van der Waals surface area contributed by atoms with Gasteiger partial charge in [-0.3, -0.25) is 0 Å². The van der Waals surface area contributed by atoms with Gasteiger partial charge >= 0.3 is 0 Å². The van der Waals surface area contributed by atoms with Gasteiger partial charge in [-0.2, -0.15) is 0 Å². The third kappa shape index (κ3) is 2.37. The van der Waals surface area contributed by atoms with Gasteiger partial charge in [0.25, 0.3) is 0 Å². The maximum absolute atomic E-state index is 3.18. The van der Waals surface area contributed by atoms with Crippen LogP contribution in [0.5, 0.6) is 0 Å². The van der Waals surface area contributed by atoms with Gasteiger partial charge in [-0.1, -0.05) is 59.7 Å². The van der Waals surface area contributed by atoms with Gasteiger partial charge in [0, 0.05) is 0 Å². The quantitative estimate of drug-likeness (QED) is 0.577. The van der Waals surface area contributed by atoms with E-state index >= 15 is 0 Å². The molecule has 0 heterocycles. The van der Waals surface area contributed by atoms with Gasteiger partial charge in [0.2, 0.25) is 0 Å². The number of rotatable bonds is 0. The lowest BCUT2D eigenvalue weighted by molar-refractivity contribution is 0.530. The molecule has 0 heteroatoms. The Morgan fingerprint density at radius 1 is 0.857 bits per heavy atom. The molecule has 77 valence electrons. The maximum Gasteiger partial charge on any atom is -0.0129 e. The van der Waals surface area contributed by atoms with Crippen molar-refractivity contribution >= 4 is 0 Å². The standard InChI is InChI=1S/C14H21/c1-13(2,3)11-9-7-8-10-12(11)14(4,5)6/h7,9-10H,1-6H3. The molecular weight excluding hydrogens is 168 g/mol. The molecule has 0 nitrogen and oxygen atoms in total. The van der Waals surface area contributed by atoms with E-state index in [1.807, 2.05) is 6.07 Å². The molecule has 0 fully saturated rings. The second kappa shape index (κ2) is 3.42. The van der Waals surface area contributed by atoms with Crippen LogP contribution in [-0.2, 0) is 10.8 Å². The first-order valence-electron chi connectivity index (χ1n) is 5.24. The minimum Gasteiger partial charge on any atom is -0.0576 e. The Balaban J connectivity index is 3.31. The predicted molar refractivity (Wildman–Crippen MR) is 62.7 cm³/mol. The highest BCUT2D eigenvalue weighted by atomic mass is 14.3. The summed E-state index contributed by atoms with van der Waals surface area (Å²) < 4.78 is 0. The van der Waals surface area contributed by atoms with Gasteiger partial charge in [0.15, 0.2) is 0 Å². The van der Waals surface area contributed by atoms with E-state index in [4.69, 9.17) is 0 Å². The minimum absolute atomic E-state index is 0.209. The number of benzene rings is 1. The molecule has 0 saturated heterocycles. The molecule has 0 saturated carbocycles. The van der Waals surface area contributed by atoms with E-state index in [0.29, 0.717) is 0 Å². The highest BCUT2D eigenvalue weighted by Crippen LogP contribution is 2.33. The van der Waals surface area contributed by atoms with Gasteiger partial charge < -0.3 is 0 Å². The summed E-state index contributed by atoms with van der Waals surface area (Å²) in [4.78, 5) is 0. The fraction of sp³-hybridized carbons (Fsp3) is 0.571. The lowest BCUT2D eigenvalue weighted by Gasteiger charge is -2.29. The smallest absolute Gasteiger partial charge is 0.0129 e. The van der Waals surface area contributed by atoms with Crippen molar-refractivity contribution in [2.45, 2.75) is 52.4 Å². The molecular formula is C14H21. The lowest BCUT2D eigenvalue weighted by atomic mass is 9.75. The van der Waals surface area contributed by atoms with Crippen molar-refractivity contribution in [2.24, 2.45) is 0 Å². The van der Waals surface area contributed by atoms with Crippen LogP contribution >= 0.6 is 0 Å². The Kier molecular flexibility index (Phi) is 2.76. The van der Waals surface area contributed by atoms with Gasteiger partial charge in [-0.05, 0) is 28.0 Å². The SMILES string of the molecule is CC(C)(C)c1c[c]ccc1C(C)(C)C. The Morgan fingerprint density at radius 3 is 1.71 bits per heavy atom. The lowest BCUT2D eigenvalue weighted by Crippen LogP contribution is -2.21. The van der Waals surface area contributed by atoms with Crippen LogP contribution in [0.3, 0.4) is 0 Å². The summed E-state index contributed by atoms with van der Waals surface area (Å²) in [6.07, 6.45) is 0. The molecule has 0 aliphatic heterocycles. The third-order valence-corrected chi connectivity index (χ3v) is 2.48. The molecule has 1 rings (SSSR count). The second-order valence-electron chi connectivity index (χ2n) is 5.97. The predicted octanol–water partition coefficient (Wildman–Crippen LogP) is 4.08. The first-order chi connectivity index (χ1) is 6.23. The van der Waals surface area contributed by atoms with Crippen molar-refractivity contribution in [3.05, 3.63) is 35.4 Å². The van der Waals surface area contributed by atoms with Crippen molar-refractivity contribution in [3.63, 3.8) is 0 Å². The Labute approximate surface area is 88.4 Å². The molecule has 0 unspecified atom stereocenters. The van der Waals surface area contributed by atoms with Crippen molar-refractivity contribution < 1.29 is 0 Å². The van der Waals surface area contributed by atoms with Crippen LogP contribution in [0.25, 0.3) is 0 Å². The van der Waals surface area contributed by atoms with Crippen LogP contribution in [0.4, 0.5) is 0 Å². The topological polar surface area (TPSA) is 0 Å². The Morgan fingerprint density at radius 2 is 1.36 bits per heavy atom. The molecule has 0 spiro atoms. The number of hydrogen-bond acceptors (Lipinski definition) is 0. The summed E-state index contributed by atoms with van der Waals surface area (Å²) in [5, 5.41) is 0. The molecule has 0 bridgehead atoms. The average Bonchev–Trinajstić information content (AvgIpc) is 2.01. The van der Waals surface area contributed by atoms with Crippen LogP contribution in [0.1, 0.15) is 52.7 Å². The van der Waals surface area contributed by atoms with Crippen LogP contribution in [0.15, 0.2) is 18.2 Å². The summed E-state index contributed by atoms with van der Waals surface area (Å²) in [5.74, 6) is 0. The molecule has 0 aliphatic carbocycles. The van der Waals surface area contributed by atoms with Gasteiger partial charge in [0.05, 0.1) is 0 Å². The fourth-order valence-electron chi connectivity index (χ4n) is 1.70. The van der Waals surface area contributed by atoms with Crippen molar-refractivity contribution in [2.75, 3.05) is 0 Å².